The van der Waals surface area contributed by atoms with E-state index in [-0.39, 0.29) is 31.1 Å². The maximum Gasteiger partial charge on any atom is 0.306 e. The number of carbonyl (C=O) groups is 3. The van der Waals surface area contributed by atoms with E-state index >= 15 is 0 Å². The monoisotopic (exact) mass is 983 g/mol. The average Bonchev–Trinajstić information content (AvgIpc) is 3.37. The van der Waals surface area contributed by atoms with Crippen LogP contribution >= 0.6 is 0 Å². The lowest BCUT2D eigenvalue weighted by Crippen LogP contribution is -2.30. The molecule has 0 bridgehead atoms. The normalized spacial score (nSPS) is 12.6. The van der Waals surface area contributed by atoms with Gasteiger partial charge in [-0.15, -0.1) is 0 Å². The second-order valence-electron chi connectivity index (χ2n) is 18.8. The van der Waals surface area contributed by atoms with Crippen LogP contribution in [0.2, 0.25) is 0 Å². The van der Waals surface area contributed by atoms with E-state index < -0.39 is 6.10 Å². The number of hydrogen-bond acceptors (Lipinski definition) is 6. The van der Waals surface area contributed by atoms with Gasteiger partial charge in [0.05, 0.1) is 0 Å². The van der Waals surface area contributed by atoms with Crippen molar-refractivity contribution in [3.63, 3.8) is 0 Å². The minimum Gasteiger partial charge on any atom is -0.462 e. The van der Waals surface area contributed by atoms with Crippen molar-refractivity contribution in [2.24, 2.45) is 0 Å². The van der Waals surface area contributed by atoms with Gasteiger partial charge in [0.15, 0.2) is 6.10 Å². The van der Waals surface area contributed by atoms with Gasteiger partial charge >= 0.3 is 17.9 Å². The molecule has 6 heteroatoms. The molecule has 0 spiro atoms. The van der Waals surface area contributed by atoms with Gasteiger partial charge in [-0.3, -0.25) is 14.4 Å². The number of hydrogen-bond donors (Lipinski definition) is 0. The fraction of sp³-hybridized carbons (Fsp3) is 0.646. The topological polar surface area (TPSA) is 78.9 Å². The summed E-state index contributed by atoms with van der Waals surface area (Å²) in [5, 5.41) is 0. The molecule has 0 amide bonds. The molecule has 0 aliphatic heterocycles. The van der Waals surface area contributed by atoms with Crippen LogP contribution in [0.5, 0.6) is 0 Å². The molecule has 0 saturated carbocycles. The Morgan fingerprint density at radius 2 is 0.507 bits per heavy atom. The van der Waals surface area contributed by atoms with E-state index in [0.717, 1.165) is 135 Å². The Bertz CT molecular complexity index is 1420. The summed E-state index contributed by atoms with van der Waals surface area (Å²) in [4.78, 5) is 38.2. The predicted octanol–water partition coefficient (Wildman–Crippen LogP) is 19.6. The van der Waals surface area contributed by atoms with Crippen LogP contribution in [-0.2, 0) is 28.6 Å². The second kappa shape index (κ2) is 58.4. The highest BCUT2D eigenvalue weighted by atomic mass is 16.6. The minimum atomic E-state index is -0.816. The number of allylic oxidation sites excluding steroid dienone is 20. The molecule has 0 aromatic heterocycles. The highest BCUT2D eigenvalue weighted by Crippen LogP contribution is 2.12. The first-order valence-corrected chi connectivity index (χ1v) is 29.0. The van der Waals surface area contributed by atoms with Crippen molar-refractivity contribution < 1.29 is 28.6 Å². The molecule has 0 heterocycles. The van der Waals surface area contributed by atoms with E-state index in [9.17, 15) is 14.4 Å². The van der Waals surface area contributed by atoms with Crippen molar-refractivity contribution in [1.29, 1.82) is 0 Å². The lowest BCUT2D eigenvalue weighted by molar-refractivity contribution is -0.167. The Kier molecular flexibility index (Phi) is 54.9. The van der Waals surface area contributed by atoms with E-state index in [1.54, 1.807) is 0 Å². The maximum atomic E-state index is 12.9. The summed E-state index contributed by atoms with van der Waals surface area (Å²) in [7, 11) is 0. The van der Waals surface area contributed by atoms with Crippen LogP contribution in [0.15, 0.2) is 122 Å². The van der Waals surface area contributed by atoms with Gasteiger partial charge in [-0.05, 0) is 141 Å². The van der Waals surface area contributed by atoms with Crippen molar-refractivity contribution in [2.45, 2.75) is 258 Å². The maximum absolute atomic E-state index is 12.9. The molecule has 0 aromatic carbocycles. The Morgan fingerprint density at radius 3 is 0.803 bits per heavy atom. The summed E-state index contributed by atoms with van der Waals surface area (Å²) < 4.78 is 16.8. The third-order valence-corrected chi connectivity index (χ3v) is 11.9. The van der Waals surface area contributed by atoms with Crippen LogP contribution in [0.1, 0.15) is 252 Å². The highest BCUT2D eigenvalue weighted by Gasteiger charge is 2.19. The van der Waals surface area contributed by atoms with Crippen molar-refractivity contribution in [2.75, 3.05) is 13.2 Å². The van der Waals surface area contributed by atoms with Gasteiger partial charge in [-0.2, -0.15) is 0 Å². The van der Waals surface area contributed by atoms with Crippen LogP contribution in [0.3, 0.4) is 0 Å². The molecule has 0 aromatic rings. The van der Waals surface area contributed by atoms with Gasteiger partial charge < -0.3 is 14.2 Å². The molecule has 0 rings (SSSR count). The van der Waals surface area contributed by atoms with Gasteiger partial charge in [-0.25, -0.2) is 0 Å². The fourth-order valence-corrected chi connectivity index (χ4v) is 7.50. The molecule has 6 nitrogen and oxygen atoms in total. The van der Waals surface area contributed by atoms with E-state index in [1.807, 2.05) is 0 Å². The van der Waals surface area contributed by atoms with Crippen LogP contribution < -0.4 is 0 Å². The first-order chi connectivity index (χ1) is 35.0. The molecule has 0 aliphatic carbocycles. The quantitative estimate of drug-likeness (QED) is 0.0261. The van der Waals surface area contributed by atoms with Crippen molar-refractivity contribution in [3.05, 3.63) is 122 Å². The number of unbranched alkanes of at least 4 members (excludes halogenated alkanes) is 20. The zero-order valence-corrected chi connectivity index (χ0v) is 45.9. The predicted molar refractivity (Wildman–Crippen MR) is 306 cm³/mol. The smallest absolute Gasteiger partial charge is 0.306 e. The van der Waals surface area contributed by atoms with E-state index in [0.29, 0.717) is 19.3 Å². The van der Waals surface area contributed by atoms with Crippen LogP contribution in [0.25, 0.3) is 0 Å². The Hall–Kier alpha value is -4.19. The van der Waals surface area contributed by atoms with E-state index in [1.165, 1.54) is 77.0 Å². The van der Waals surface area contributed by atoms with Gasteiger partial charge in [0.2, 0.25) is 0 Å². The standard InChI is InChI=1S/C65H106O6/c1-4-7-10-13-16-19-22-25-28-30-32-34-37-39-42-45-48-51-54-57-63(66)69-60-62(71-65(68)59-56-53-50-47-44-41-36-27-24-21-18-15-12-9-6-3)61-70-64(67)58-55-52-49-46-43-40-38-35-33-31-29-26-23-20-17-14-11-8-5-2/h16-21,25-29,32-36,39-40,42-43,62H,4-15,22-24,30-31,37-38,41,44-61H2,1-3H3/b19-16-,20-17-,21-18-,28-25-,29-26-,34-32-,35-33-,36-27-,42-39-,43-40-. The third kappa shape index (κ3) is 56.6. The first kappa shape index (κ1) is 66.8. The molecular weight excluding hydrogens is 877 g/mol. The van der Waals surface area contributed by atoms with Crippen molar-refractivity contribution in [1.82, 2.24) is 0 Å². The fourth-order valence-electron chi connectivity index (χ4n) is 7.50. The van der Waals surface area contributed by atoms with Crippen LogP contribution in [0.4, 0.5) is 0 Å². The molecule has 0 N–H and O–H groups in total. The molecule has 402 valence electrons. The summed E-state index contributed by atoms with van der Waals surface area (Å²) in [5.74, 6) is -0.988. The molecule has 0 saturated heterocycles. The number of ether oxygens (including phenoxy) is 3. The Balaban J connectivity index is 4.54. The van der Waals surface area contributed by atoms with Gasteiger partial charge in [0.1, 0.15) is 13.2 Å². The first-order valence-electron chi connectivity index (χ1n) is 29.0. The summed E-state index contributed by atoms with van der Waals surface area (Å²) in [5.41, 5.74) is 0. The molecule has 0 atom stereocenters. The molecule has 0 unspecified atom stereocenters. The number of rotatable bonds is 51. The minimum absolute atomic E-state index is 0.114. The second-order valence-corrected chi connectivity index (χ2v) is 18.8. The van der Waals surface area contributed by atoms with Crippen LogP contribution in [0, 0.1) is 0 Å². The van der Waals surface area contributed by atoms with Crippen molar-refractivity contribution in [3.8, 4) is 0 Å². The average molecular weight is 984 g/mol. The molecule has 71 heavy (non-hydrogen) atoms. The summed E-state index contributed by atoms with van der Waals surface area (Å²) in [6.45, 7) is 6.49. The summed E-state index contributed by atoms with van der Waals surface area (Å²) in [6.07, 6.45) is 80.4. The van der Waals surface area contributed by atoms with Crippen LogP contribution in [-0.4, -0.2) is 37.2 Å². The molecule has 0 fully saturated rings. The zero-order valence-electron chi connectivity index (χ0n) is 45.9. The summed E-state index contributed by atoms with van der Waals surface area (Å²) >= 11 is 0. The Morgan fingerprint density at radius 1 is 0.282 bits per heavy atom. The van der Waals surface area contributed by atoms with Crippen molar-refractivity contribution >= 4 is 17.9 Å². The van der Waals surface area contributed by atoms with Gasteiger partial charge in [-0.1, -0.05) is 213 Å². The highest BCUT2D eigenvalue weighted by molar-refractivity contribution is 5.71. The van der Waals surface area contributed by atoms with Gasteiger partial charge in [0.25, 0.3) is 0 Å². The molecular formula is C65H106O6. The summed E-state index contributed by atoms with van der Waals surface area (Å²) in [6, 6.07) is 0. The van der Waals surface area contributed by atoms with Gasteiger partial charge in [0, 0.05) is 19.3 Å². The largest absolute Gasteiger partial charge is 0.462 e. The lowest BCUT2D eigenvalue weighted by Gasteiger charge is -2.18. The Labute approximate surface area is 437 Å². The lowest BCUT2D eigenvalue weighted by atomic mass is 10.1. The zero-order chi connectivity index (χ0) is 51.4. The molecule has 0 aliphatic rings. The van der Waals surface area contributed by atoms with E-state index in [2.05, 4.69) is 142 Å². The number of esters is 3. The third-order valence-electron chi connectivity index (χ3n) is 11.9. The number of carbonyl (C=O) groups excluding carboxylic acids is 3. The van der Waals surface area contributed by atoms with E-state index in [4.69, 9.17) is 14.2 Å². The SMILES string of the molecule is CCCCC/C=C\C/C=C\C/C=C\C/C=C\CCCCCC(=O)OCC(COC(=O)CCCCC/C=C\C/C=C\C/C=C\C/C=C\CCCCC)OC(=O)CCCCCCC/C=C\C/C=C\CCCCC. The molecule has 0 radical (unpaired) electrons.